The Morgan fingerprint density at radius 3 is 2.87 bits per heavy atom. The van der Waals surface area contributed by atoms with Gasteiger partial charge in [-0.2, -0.15) is 10.4 Å². The topological polar surface area (TPSA) is 64.9 Å². The third-order valence-electron chi connectivity index (χ3n) is 8.55. The molecule has 2 bridgehead atoms. The van der Waals surface area contributed by atoms with E-state index in [1.54, 1.807) is 13.2 Å². The molecule has 2 heterocycles. The Labute approximate surface area is 180 Å². The van der Waals surface area contributed by atoms with E-state index in [2.05, 4.69) is 29.1 Å². The van der Waals surface area contributed by atoms with Crippen molar-refractivity contribution < 1.29 is 9.13 Å². The maximum atomic E-state index is 14.2. The molecule has 2 fully saturated rings. The number of hydrogen-bond acceptors (Lipinski definition) is 4. The number of benzene rings is 2. The molecule has 6 rings (SSSR count). The van der Waals surface area contributed by atoms with Gasteiger partial charge in [-0.15, -0.1) is 0 Å². The summed E-state index contributed by atoms with van der Waals surface area (Å²) in [6, 6.07) is 9.12. The zero-order valence-electron chi connectivity index (χ0n) is 17.9. The second kappa shape index (κ2) is 6.23. The summed E-state index contributed by atoms with van der Waals surface area (Å²) in [7, 11) is 3.83. The molecule has 5 atom stereocenters. The summed E-state index contributed by atoms with van der Waals surface area (Å²) < 4.78 is 20.1. The van der Waals surface area contributed by atoms with Crippen molar-refractivity contribution in [2.24, 2.45) is 17.8 Å². The SMILES string of the molecule is COc1cc2[nH]ncc2c2c1N(C)[C@@](C)(c1ccc(F)c(C#N)c1)[C@@H]1C3CCC(C3)[C@H]21. The van der Waals surface area contributed by atoms with Crippen molar-refractivity contribution in [3.05, 3.63) is 53.0 Å². The molecule has 0 radical (unpaired) electrons. The number of nitrogens with zero attached hydrogens (tertiary/aromatic N) is 3. The van der Waals surface area contributed by atoms with Gasteiger partial charge in [0.25, 0.3) is 0 Å². The molecule has 2 saturated carbocycles. The van der Waals surface area contributed by atoms with E-state index in [0.29, 0.717) is 23.7 Å². The first-order chi connectivity index (χ1) is 15.0. The average molecular weight is 417 g/mol. The summed E-state index contributed by atoms with van der Waals surface area (Å²) in [5, 5.41) is 18.1. The van der Waals surface area contributed by atoms with E-state index in [4.69, 9.17) is 4.74 Å². The summed E-state index contributed by atoms with van der Waals surface area (Å²) in [5.41, 5.74) is 4.16. The lowest BCUT2D eigenvalue weighted by atomic mass is 9.60. The van der Waals surface area contributed by atoms with Crippen LogP contribution in [0.2, 0.25) is 0 Å². The monoisotopic (exact) mass is 416 g/mol. The van der Waals surface area contributed by atoms with Crippen LogP contribution in [-0.4, -0.2) is 24.4 Å². The largest absolute Gasteiger partial charge is 0.494 e. The number of methoxy groups -OCH3 is 1. The van der Waals surface area contributed by atoms with Gasteiger partial charge in [-0.25, -0.2) is 4.39 Å². The normalized spacial score (nSPS) is 30.9. The zero-order valence-corrected chi connectivity index (χ0v) is 17.9. The molecule has 0 saturated heterocycles. The standard InChI is InChI=1S/C25H25FN4O/c1-25(16-6-7-18(26)15(9-16)11-27)23-14-5-4-13(8-14)21(23)22-17-12-28-29-19(17)10-20(31-3)24(22)30(25)2/h6-7,9-10,12-14,21,23H,4-5,8H2,1-3H3,(H,28,29)/t13?,14?,21-,23-,25+/m1/s1. The molecule has 2 aromatic carbocycles. The third kappa shape index (κ3) is 2.21. The highest BCUT2D eigenvalue weighted by molar-refractivity contribution is 5.92. The number of aromatic amines is 1. The second-order valence-corrected chi connectivity index (χ2v) is 9.57. The minimum atomic E-state index is -0.462. The number of fused-ring (bicyclic) bond motifs is 9. The van der Waals surface area contributed by atoms with Crippen molar-refractivity contribution in [1.82, 2.24) is 10.2 Å². The highest BCUT2D eigenvalue weighted by atomic mass is 19.1. The van der Waals surface area contributed by atoms with Crippen molar-refractivity contribution in [2.45, 2.75) is 37.6 Å². The van der Waals surface area contributed by atoms with Crippen LogP contribution in [0.5, 0.6) is 5.75 Å². The van der Waals surface area contributed by atoms with Gasteiger partial charge in [-0.1, -0.05) is 6.07 Å². The molecule has 31 heavy (non-hydrogen) atoms. The molecule has 3 aliphatic rings. The molecule has 1 aliphatic heterocycles. The van der Waals surface area contributed by atoms with Crippen LogP contribution in [-0.2, 0) is 5.54 Å². The van der Waals surface area contributed by atoms with Crippen molar-refractivity contribution in [2.75, 3.05) is 19.1 Å². The summed E-state index contributed by atoms with van der Waals surface area (Å²) in [5.74, 6) is 2.37. The van der Waals surface area contributed by atoms with Gasteiger partial charge in [-0.05, 0) is 73.1 Å². The van der Waals surface area contributed by atoms with Gasteiger partial charge in [0, 0.05) is 18.5 Å². The van der Waals surface area contributed by atoms with Gasteiger partial charge >= 0.3 is 0 Å². The van der Waals surface area contributed by atoms with Crippen LogP contribution in [0.1, 0.15) is 48.8 Å². The predicted molar refractivity (Wildman–Crippen MR) is 117 cm³/mol. The lowest BCUT2D eigenvalue weighted by Gasteiger charge is -2.55. The minimum Gasteiger partial charge on any atom is -0.494 e. The average Bonchev–Trinajstić information content (AvgIpc) is 3.52. The lowest BCUT2D eigenvalue weighted by molar-refractivity contribution is 0.156. The molecule has 0 spiro atoms. The maximum Gasteiger partial charge on any atom is 0.144 e. The van der Waals surface area contributed by atoms with Gasteiger partial charge in [-0.3, -0.25) is 5.10 Å². The van der Waals surface area contributed by atoms with E-state index in [1.165, 1.54) is 36.3 Å². The first kappa shape index (κ1) is 18.7. The van der Waals surface area contributed by atoms with Gasteiger partial charge < -0.3 is 9.64 Å². The number of aromatic nitrogens is 2. The third-order valence-corrected chi connectivity index (χ3v) is 8.55. The number of hydrogen-bond donors (Lipinski definition) is 1. The summed E-state index contributed by atoms with van der Waals surface area (Å²) in [6.45, 7) is 2.27. The van der Waals surface area contributed by atoms with E-state index in [-0.39, 0.29) is 11.1 Å². The van der Waals surface area contributed by atoms with Gasteiger partial charge in [0.15, 0.2) is 0 Å². The van der Waals surface area contributed by atoms with Crippen molar-refractivity contribution in [1.29, 1.82) is 5.26 Å². The van der Waals surface area contributed by atoms with Crippen LogP contribution >= 0.6 is 0 Å². The van der Waals surface area contributed by atoms with Crippen LogP contribution in [0.3, 0.4) is 0 Å². The van der Waals surface area contributed by atoms with Crippen molar-refractivity contribution >= 4 is 16.6 Å². The van der Waals surface area contributed by atoms with Crippen LogP contribution in [0.15, 0.2) is 30.5 Å². The van der Waals surface area contributed by atoms with Crippen LogP contribution in [0.25, 0.3) is 10.9 Å². The van der Waals surface area contributed by atoms with Crippen LogP contribution in [0.4, 0.5) is 10.1 Å². The zero-order chi connectivity index (χ0) is 21.5. The maximum absolute atomic E-state index is 14.2. The van der Waals surface area contributed by atoms with E-state index in [1.807, 2.05) is 24.4 Å². The Balaban J connectivity index is 1.67. The lowest BCUT2D eigenvalue weighted by Crippen LogP contribution is -2.54. The molecular formula is C25H25FN4O. The smallest absolute Gasteiger partial charge is 0.144 e. The first-order valence-corrected chi connectivity index (χ1v) is 11.0. The number of nitriles is 1. The fraction of sp³-hybridized carbons (Fsp3) is 0.440. The first-order valence-electron chi connectivity index (χ1n) is 11.0. The Morgan fingerprint density at radius 2 is 2.10 bits per heavy atom. The molecule has 3 aromatic rings. The van der Waals surface area contributed by atoms with E-state index < -0.39 is 5.82 Å². The van der Waals surface area contributed by atoms with E-state index in [9.17, 15) is 9.65 Å². The predicted octanol–water partition coefficient (Wildman–Crippen LogP) is 5.08. The fourth-order valence-electron chi connectivity index (χ4n) is 7.20. The number of anilines is 1. The second-order valence-electron chi connectivity index (χ2n) is 9.57. The summed E-state index contributed by atoms with van der Waals surface area (Å²) >= 11 is 0. The molecule has 2 unspecified atom stereocenters. The number of halogens is 1. The summed E-state index contributed by atoms with van der Waals surface area (Å²) in [4.78, 5) is 2.32. The molecule has 158 valence electrons. The molecule has 5 nitrogen and oxygen atoms in total. The number of ether oxygens (including phenoxy) is 1. The summed E-state index contributed by atoms with van der Waals surface area (Å²) in [6.07, 6.45) is 5.64. The Kier molecular flexibility index (Phi) is 3.75. The van der Waals surface area contributed by atoms with Gasteiger partial charge in [0.1, 0.15) is 17.6 Å². The molecule has 1 aromatic heterocycles. The van der Waals surface area contributed by atoms with Crippen LogP contribution < -0.4 is 9.64 Å². The quantitative estimate of drug-likeness (QED) is 0.633. The fourth-order valence-corrected chi connectivity index (χ4v) is 7.20. The molecule has 6 heteroatoms. The molecular weight excluding hydrogens is 391 g/mol. The number of rotatable bonds is 2. The van der Waals surface area contributed by atoms with Crippen molar-refractivity contribution in [3.63, 3.8) is 0 Å². The molecule has 0 amide bonds. The van der Waals surface area contributed by atoms with E-state index in [0.717, 1.165) is 22.5 Å². The van der Waals surface area contributed by atoms with E-state index >= 15 is 0 Å². The minimum absolute atomic E-state index is 0.106. The highest BCUT2D eigenvalue weighted by Gasteiger charge is 2.61. The number of nitrogens with one attached hydrogen (secondary N) is 1. The number of H-pyrrole nitrogens is 1. The Bertz CT molecular complexity index is 1260. The van der Waals surface area contributed by atoms with Gasteiger partial charge in [0.05, 0.1) is 35.6 Å². The van der Waals surface area contributed by atoms with Crippen LogP contribution in [0, 0.1) is 34.9 Å². The molecule has 2 aliphatic carbocycles. The van der Waals surface area contributed by atoms with Gasteiger partial charge in [0.2, 0.25) is 0 Å². The Morgan fingerprint density at radius 1 is 1.29 bits per heavy atom. The molecule has 1 N–H and O–H groups in total. The Hall–Kier alpha value is -3.07. The van der Waals surface area contributed by atoms with Crippen molar-refractivity contribution in [3.8, 4) is 11.8 Å². The highest BCUT2D eigenvalue weighted by Crippen LogP contribution is 2.68.